The Morgan fingerprint density at radius 2 is 1.83 bits per heavy atom. The molecule has 5 rings (SSSR count). The number of aryl methyl sites for hydroxylation is 1. The van der Waals surface area contributed by atoms with Crippen molar-refractivity contribution in [3.8, 4) is 28.4 Å². The molecule has 1 saturated heterocycles. The summed E-state index contributed by atoms with van der Waals surface area (Å²) in [6.07, 6.45) is 0.315. The van der Waals surface area contributed by atoms with Crippen LogP contribution < -0.4 is 10.3 Å². The number of hydrogen-bond donors (Lipinski definition) is 2. The van der Waals surface area contributed by atoms with Crippen molar-refractivity contribution in [2.24, 2.45) is 7.05 Å². The Kier molecular flexibility index (Phi) is 5.91. The van der Waals surface area contributed by atoms with E-state index in [1.54, 1.807) is 17.8 Å². The zero-order chi connectivity index (χ0) is 24.7. The van der Waals surface area contributed by atoms with Crippen molar-refractivity contribution in [1.82, 2.24) is 24.1 Å². The van der Waals surface area contributed by atoms with Crippen LogP contribution >= 0.6 is 0 Å². The van der Waals surface area contributed by atoms with E-state index in [4.69, 9.17) is 4.74 Å². The first-order valence-corrected chi connectivity index (χ1v) is 12.6. The highest BCUT2D eigenvalue weighted by Gasteiger charge is 2.29. The van der Waals surface area contributed by atoms with Gasteiger partial charge in [0.1, 0.15) is 22.7 Å². The quantitative estimate of drug-likeness (QED) is 0.434. The first kappa shape index (κ1) is 23.2. The number of benzene rings is 2. The summed E-state index contributed by atoms with van der Waals surface area (Å²) in [4.78, 5) is 20.6. The van der Waals surface area contributed by atoms with Crippen molar-refractivity contribution in [2.45, 2.75) is 23.8 Å². The molecule has 1 fully saturated rings. The molecule has 1 aliphatic heterocycles. The molecular formula is C24H25N5O5S. The first-order valence-electron chi connectivity index (χ1n) is 11.2. The van der Waals surface area contributed by atoms with E-state index in [1.807, 2.05) is 30.3 Å². The number of aliphatic hydroxyl groups is 1. The Morgan fingerprint density at radius 1 is 1.11 bits per heavy atom. The van der Waals surface area contributed by atoms with Crippen LogP contribution in [0, 0.1) is 0 Å². The number of aliphatic hydroxyl groups excluding tert-OH is 1. The van der Waals surface area contributed by atoms with Gasteiger partial charge in [-0.2, -0.15) is 9.40 Å². The SMILES string of the molecule is COc1cc(S(=O)(=O)N2CCC(O)CC2)ccc1-c1nc2c(c(-c3ccccc3)nn2C)c(=O)[nH]1. The lowest BCUT2D eigenvalue weighted by molar-refractivity contribution is 0.113. The van der Waals surface area contributed by atoms with Crippen molar-refractivity contribution in [2.75, 3.05) is 20.2 Å². The molecule has 0 spiro atoms. The number of nitrogens with one attached hydrogen (secondary N) is 1. The van der Waals surface area contributed by atoms with Crippen molar-refractivity contribution in [3.05, 3.63) is 58.9 Å². The number of aromatic nitrogens is 4. The number of H-pyrrole nitrogens is 1. The van der Waals surface area contributed by atoms with Gasteiger partial charge < -0.3 is 14.8 Å². The number of fused-ring (bicyclic) bond motifs is 1. The Bertz CT molecular complexity index is 1550. The Labute approximate surface area is 201 Å². The van der Waals surface area contributed by atoms with E-state index in [0.29, 0.717) is 35.1 Å². The molecule has 2 aromatic heterocycles. The zero-order valence-electron chi connectivity index (χ0n) is 19.3. The smallest absolute Gasteiger partial charge is 0.262 e. The number of piperidine rings is 1. The summed E-state index contributed by atoms with van der Waals surface area (Å²) in [5.41, 5.74) is 1.82. The van der Waals surface area contributed by atoms with Gasteiger partial charge in [-0.1, -0.05) is 30.3 Å². The van der Waals surface area contributed by atoms with Crippen molar-refractivity contribution in [3.63, 3.8) is 0 Å². The third kappa shape index (κ3) is 4.11. The minimum absolute atomic E-state index is 0.0739. The fourth-order valence-electron chi connectivity index (χ4n) is 4.34. The van der Waals surface area contributed by atoms with Crippen LogP contribution in [0.2, 0.25) is 0 Å². The molecule has 0 radical (unpaired) electrons. The Balaban J connectivity index is 1.57. The maximum atomic E-state index is 13.1. The van der Waals surface area contributed by atoms with Gasteiger partial charge in [0.05, 0.1) is 23.7 Å². The monoisotopic (exact) mass is 495 g/mol. The number of nitrogens with zero attached hydrogens (tertiary/aromatic N) is 4. The Morgan fingerprint density at radius 3 is 2.51 bits per heavy atom. The minimum atomic E-state index is -3.76. The number of sulfonamides is 1. The second kappa shape index (κ2) is 8.91. The molecule has 0 atom stereocenters. The standard InChI is InChI=1S/C24H25N5O5S/c1-28-23-20(21(27-28)15-6-4-3-5-7-15)24(31)26-22(25-23)18-9-8-17(14-19(18)34-2)35(32,33)29-12-10-16(30)11-13-29/h3-9,14,16,30H,10-13H2,1-2H3,(H,25,26,31). The summed E-state index contributed by atoms with van der Waals surface area (Å²) < 4.78 is 34.6. The largest absolute Gasteiger partial charge is 0.496 e. The maximum absolute atomic E-state index is 13.1. The van der Waals surface area contributed by atoms with E-state index < -0.39 is 16.1 Å². The summed E-state index contributed by atoms with van der Waals surface area (Å²) >= 11 is 0. The highest BCUT2D eigenvalue weighted by molar-refractivity contribution is 7.89. The van der Waals surface area contributed by atoms with E-state index in [9.17, 15) is 18.3 Å². The lowest BCUT2D eigenvalue weighted by Crippen LogP contribution is -2.39. The van der Waals surface area contributed by atoms with Crippen LogP contribution in [0.4, 0.5) is 0 Å². The number of aromatic amines is 1. The summed E-state index contributed by atoms with van der Waals surface area (Å²) in [5, 5.41) is 14.6. The average Bonchev–Trinajstić information content (AvgIpc) is 3.21. The molecule has 0 aliphatic carbocycles. The average molecular weight is 496 g/mol. The van der Waals surface area contributed by atoms with E-state index >= 15 is 0 Å². The predicted molar refractivity (Wildman–Crippen MR) is 131 cm³/mol. The molecular weight excluding hydrogens is 470 g/mol. The summed E-state index contributed by atoms with van der Waals surface area (Å²) in [5.74, 6) is 0.503. The van der Waals surface area contributed by atoms with Crippen LogP contribution in [0.5, 0.6) is 5.75 Å². The van der Waals surface area contributed by atoms with E-state index in [-0.39, 0.29) is 35.1 Å². The van der Waals surface area contributed by atoms with E-state index in [1.165, 1.54) is 23.5 Å². The highest BCUT2D eigenvalue weighted by atomic mass is 32.2. The van der Waals surface area contributed by atoms with Gasteiger partial charge in [0.25, 0.3) is 5.56 Å². The minimum Gasteiger partial charge on any atom is -0.496 e. The molecule has 2 aromatic carbocycles. The van der Waals surface area contributed by atoms with Crippen LogP contribution in [-0.4, -0.2) is 63.9 Å². The topological polar surface area (TPSA) is 130 Å². The second-order valence-electron chi connectivity index (χ2n) is 8.45. The molecule has 182 valence electrons. The predicted octanol–water partition coefficient (Wildman–Crippen LogP) is 2.14. The molecule has 4 aromatic rings. The van der Waals surface area contributed by atoms with Crippen LogP contribution in [0.25, 0.3) is 33.7 Å². The van der Waals surface area contributed by atoms with Gasteiger partial charge in [-0.3, -0.25) is 4.79 Å². The molecule has 0 amide bonds. The fraction of sp³-hybridized carbons (Fsp3) is 0.292. The van der Waals surface area contributed by atoms with Gasteiger partial charge in [-0.15, -0.1) is 0 Å². The van der Waals surface area contributed by atoms with Crippen LogP contribution in [0.15, 0.2) is 58.2 Å². The molecule has 11 heteroatoms. The number of ether oxygens (including phenoxy) is 1. The molecule has 0 bridgehead atoms. The van der Waals surface area contributed by atoms with Crippen molar-refractivity contribution in [1.29, 1.82) is 0 Å². The van der Waals surface area contributed by atoms with Crippen LogP contribution in [0.1, 0.15) is 12.8 Å². The second-order valence-corrected chi connectivity index (χ2v) is 10.4. The van der Waals surface area contributed by atoms with Crippen LogP contribution in [-0.2, 0) is 17.1 Å². The summed E-state index contributed by atoms with van der Waals surface area (Å²) in [7, 11) is -0.611. The van der Waals surface area contributed by atoms with Gasteiger partial charge in [-0.05, 0) is 25.0 Å². The van der Waals surface area contributed by atoms with E-state index in [2.05, 4.69) is 15.1 Å². The fourth-order valence-corrected chi connectivity index (χ4v) is 5.83. The molecule has 2 N–H and O–H groups in total. The van der Waals surface area contributed by atoms with Crippen LogP contribution in [0.3, 0.4) is 0 Å². The number of hydrogen-bond acceptors (Lipinski definition) is 7. The van der Waals surface area contributed by atoms with Crippen molar-refractivity contribution >= 4 is 21.1 Å². The first-order chi connectivity index (χ1) is 16.8. The molecule has 35 heavy (non-hydrogen) atoms. The van der Waals surface area contributed by atoms with Gasteiger partial charge in [0.2, 0.25) is 10.0 Å². The maximum Gasteiger partial charge on any atom is 0.262 e. The van der Waals surface area contributed by atoms with Gasteiger partial charge >= 0.3 is 0 Å². The molecule has 3 heterocycles. The third-order valence-electron chi connectivity index (χ3n) is 6.23. The number of methoxy groups -OCH3 is 1. The normalized spacial score (nSPS) is 15.5. The van der Waals surface area contributed by atoms with Crippen molar-refractivity contribution < 1.29 is 18.3 Å². The third-order valence-corrected chi connectivity index (χ3v) is 8.12. The van der Waals surface area contributed by atoms with E-state index in [0.717, 1.165) is 5.56 Å². The molecule has 1 aliphatic rings. The summed E-state index contributed by atoms with van der Waals surface area (Å²) in [6.45, 7) is 0.507. The lowest BCUT2D eigenvalue weighted by atomic mass is 10.1. The summed E-state index contributed by atoms with van der Waals surface area (Å²) in [6, 6.07) is 13.9. The molecule has 0 saturated carbocycles. The van der Waals surface area contributed by atoms with Gasteiger partial charge in [0.15, 0.2) is 5.65 Å². The molecule has 10 nitrogen and oxygen atoms in total. The lowest BCUT2D eigenvalue weighted by Gasteiger charge is -2.28. The van der Waals surface area contributed by atoms with Gasteiger partial charge in [0, 0.05) is 31.8 Å². The molecule has 0 unspecified atom stereocenters. The Hall–Kier alpha value is -3.54. The van der Waals surface area contributed by atoms with Gasteiger partial charge in [-0.25, -0.2) is 18.1 Å². The number of rotatable bonds is 5. The zero-order valence-corrected chi connectivity index (χ0v) is 20.1. The highest BCUT2D eigenvalue weighted by Crippen LogP contribution is 2.33.